The maximum Gasteiger partial charge on any atom is 0.522 e. The zero-order valence-electron chi connectivity index (χ0n) is 18.3. The van der Waals surface area contributed by atoms with Crippen LogP contribution < -0.4 is 21.3 Å². The van der Waals surface area contributed by atoms with Crippen molar-refractivity contribution in [1.29, 1.82) is 0 Å². The maximum atomic E-state index is 12.7. The third-order valence-corrected chi connectivity index (χ3v) is 7.02. The minimum absolute atomic E-state index is 0.0238. The fraction of sp³-hybridized carbons (Fsp3) is 0.900. The molecule has 0 aromatic heterocycles. The molecule has 4 unspecified atom stereocenters. The van der Waals surface area contributed by atoms with Crippen LogP contribution in [0.25, 0.3) is 0 Å². The molecule has 2 aliphatic heterocycles. The highest BCUT2D eigenvalue weighted by Crippen LogP contribution is 2.60. The van der Waals surface area contributed by atoms with Crippen LogP contribution in [0.1, 0.15) is 44.9 Å². The number of carbonyl (C=O) groups excluding carboxylic acids is 2. The van der Waals surface area contributed by atoms with Gasteiger partial charge in [-0.3, -0.25) is 14.3 Å². The van der Waals surface area contributed by atoms with Crippen LogP contribution in [0.2, 0.25) is 0 Å². The SMILES string of the molecule is O=C(COC1CCC(C(F)(F)F)NC1)NC12CC(NC(=O)C3CCC(OC(F)(F)F)CN3)(C1)C2. The van der Waals surface area contributed by atoms with Crippen LogP contribution in [-0.2, 0) is 19.1 Å². The Balaban J connectivity index is 1.11. The summed E-state index contributed by atoms with van der Waals surface area (Å²) in [7, 11) is 0. The molecule has 0 spiro atoms. The molecule has 0 aromatic carbocycles. The molecule has 5 rings (SSSR count). The Morgan fingerprint density at radius 3 is 2.00 bits per heavy atom. The maximum absolute atomic E-state index is 12.7. The summed E-state index contributed by atoms with van der Waals surface area (Å²) in [5, 5.41) is 11.0. The molecule has 2 amide bonds. The molecule has 34 heavy (non-hydrogen) atoms. The molecule has 14 heteroatoms. The zero-order chi connectivity index (χ0) is 24.8. The summed E-state index contributed by atoms with van der Waals surface area (Å²) in [5.41, 5.74) is -0.850. The standard InChI is InChI=1S/C20H28F6N4O4/c21-19(22,23)14-4-2-11(5-28-14)33-7-15(31)29-17-8-18(9-17,10-17)30-16(32)13-3-1-12(6-27-13)34-20(24,25)26/h11-14,27-28H,1-10H2,(H,29,31)(H,30,32). The number of rotatable bonds is 7. The molecule has 194 valence electrons. The van der Waals surface area contributed by atoms with E-state index < -0.39 is 47.9 Å². The first-order chi connectivity index (χ1) is 15.8. The Bertz CT molecular complexity index is 756. The predicted molar refractivity (Wildman–Crippen MR) is 104 cm³/mol. The van der Waals surface area contributed by atoms with Gasteiger partial charge in [0.2, 0.25) is 11.8 Å². The largest absolute Gasteiger partial charge is 0.522 e. The molecule has 5 fully saturated rings. The van der Waals surface area contributed by atoms with Crippen LogP contribution >= 0.6 is 0 Å². The highest BCUT2D eigenvalue weighted by atomic mass is 19.4. The molecule has 2 saturated heterocycles. The number of alkyl halides is 6. The van der Waals surface area contributed by atoms with E-state index in [1.807, 2.05) is 0 Å². The Morgan fingerprint density at radius 2 is 1.47 bits per heavy atom. The molecule has 0 radical (unpaired) electrons. The van der Waals surface area contributed by atoms with E-state index in [9.17, 15) is 35.9 Å². The molecule has 8 nitrogen and oxygen atoms in total. The Labute approximate surface area is 191 Å². The van der Waals surface area contributed by atoms with Gasteiger partial charge in [0.1, 0.15) is 12.6 Å². The van der Waals surface area contributed by atoms with Gasteiger partial charge in [-0.15, -0.1) is 13.2 Å². The lowest BCUT2D eigenvalue weighted by Crippen LogP contribution is -2.84. The average molecular weight is 502 g/mol. The Morgan fingerprint density at radius 1 is 0.853 bits per heavy atom. The molecule has 0 aromatic rings. The summed E-state index contributed by atoms with van der Waals surface area (Å²) in [6, 6.07) is -2.14. The highest BCUT2D eigenvalue weighted by Gasteiger charge is 2.69. The summed E-state index contributed by atoms with van der Waals surface area (Å²) in [6.07, 6.45) is -8.41. The van der Waals surface area contributed by atoms with Crippen LogP contribution in [0.3, 0.4) is 0 Å². The van der Waals surface area contributed by atoms with Crippen LogP contribution in [0.4, 0.5) is 26.3 Å². The van der Waals surface area contributed by atoms with E-state index in [0.29, 0.717) is 19.3 Å². The van der Waals surface area contributed by atoms with Crippen LogP contribution in [-0.4, -0.2) is 79.4 Å². The van der Waals surface area contributed by atoms with Crippen molar-refractivity contribution < 1.29 is 45.4 Å². The normalized spacial score (nSPS) is 37.8. The van der Waals surface area contributed by atoms with Gasteiger partial charge in [-0.2, -0.15) is 13.2 Å². The van der Waals surface area contributed by atoms with Gasteiger partial charge in [-0.25, -0.2) is 0 Å². The Hall–Kier alpha value is -1.64. The first kappa shape index (κ1) is 25.5. The zero-order valence-corrected chi connectivity index (χ0v) is 18.3. The minimum atomic E-state index is -4.71. The van der Waals surface area contributed by atoms with Crippen molar-refractivity contribution in [1.82, 2.24) is 21.3 Å². The number of halogens is 6. The summed E-state index contributed by atoms with van der Waals surface area (Å²) in [5.74, 6) is -0.641. The fourth-order valence-corrected chi connectivity index (χ4v) is 5.52. The first-order valence-electron chi connectivity index (χ1n) is 11.3. The van der Waals surface area contributed by atoms with Crippen molar-refractivity contribution in [2.24, 2.45) is 0 Å². The van der Waals surface area contributed by atoms with Crippen molar-refractivity contribution in [3.63, 3.8) is 0 Å². The van der Waals surface area contributed by atoms with E-state index in [4.69, 9.17) is 4.74 Å². The number of hydrogen-bond donors (Lipinski definition) is 4. The van der Waals surface area contributed by atoms with Gasteiger partial charge in [0.25, 0.3) is 0 Å². The number of amides is 2. The number of nitrogens with one attached hydrogen (secondary N) is 4. The molecule has 3 aliphatic carbocycles. The smallest absolute Gasteiger partial charge is 0.367 e. The van der Waals surface area contributed by atoms with Crippen molar-refractivity contribution >= 4 is 11.8 Å². The number of ether oxygens (including phenoxy) is 2. The van der Waals surface area contributed by atoms with E-state index in [2.05, 4.69) is 26.0 Å². The second kappa shape index (κ2) is 9.10. The summed E-state index contributed by atoms with van der Waals surface area (Å²) in [4.78, 5) is 24.7. The van der Waals surface area contributed by atoms with E-state index in [1.165, 1.54) is 0 Å². The van der Waals surface area contributed by atoms with Crippen molar-refractivity contribution in [3.8, 4) is 0 Å². The van der Waals surface area contributed by atoms with Gasteiger partial charge in [0.15, 0.2) is 0 Å². The summed E-state index contributed by atoms with van der Waals surface area (Å²) >= 11 is 0. The molecular formula is C20H28F6N4O4. The van der Waals surface area contributed by atoms with Crippen molar-refractivity contribution in [2.45, 2.75) is 92.9 Å². The lowest BCUT2D eigenvalue weighted by atomic mass is 9.44. The molecule has 4 atom stereocenters. The fourth-order valence-electron chi connectivity index (χ4n) is 5.52. The van der Waals surface area contributed by atoms with E-state index >= 15 is 0 Å². The summed E-state index contributed by atoms with van der Waals surface area (Å²) < 4.78 is 84.3. The van der Waals surface area contributed by atoms with Gasteiger partial charge in [-0.05, 0) is 44.9 Å². The highest BCUT2D eigenvalue weighted by molar-refractivity contribution is 5.84. The van der Waals surface area contributed by atoms with Gasteiger partial charge in [-0.1, -0.05) is 0 Å². The summed E-state index contributed by atoms with van der Waals surface area (Å²) in [6.45, 7) is -0.300. The molecule has 4 N–H and O–H groups in total. The van der Waals surface area contributed by atoms with Crippen LogP contribution in [0, 0.1) is 0 Å². The first-order valence-corrected chi connectivity index (χ1v) is 11.3. The van der Waals surface area contributed by atoms with Gasteiger partial charge >= 0.3 is 12.5 Å². The minimum Gasteiger partial charge on any atom is -0.367 e. The third-order valence-electron chi connectivity index (χ3n) is 7.02. The van der Waals surface area contributed by atoms with Crippen LogP contribution in [0.15, 0.2) is 0 Å². The van der Waals surface area contributed by atoms with E-state index in [0.717, 1.165) is 0 Å². The van der Waals surface area contributed by atoms with E-state index in [-0.39, 0.29) is 57.2 Å². The van der Waals surface area contributed by atoms with Gasteiger partial charge in [0, 0.05) is 24.2 Å². The molecule has 3 saturated carbocycles. The van der Waals surface area contributed by atoms with Gasteiger partial charge in [0.05, 0.1) is 18.2 Å². The van der Waals surface area contributed by atoms with Crippen LogP contribution in [0.5, 0.6) is 0 Å². The Kier molecular flexibility index (Phi) is 6.81. The average Bonchev–Trinajstić information content (AvgIpc) is 2.68. The molecule has 2 bridgehead atoms. The van der Waals surface area contributed by atoms with Crippen molar-refractivity contribution in [3.05, 3.63) is 0 Å². The molecule has 5 aliphatic rings. The van der Waals surface area contributed by atoms with Gasteiger partial charge < -0.3 is 26.0 Å². The molecular weight excluding hydrogens is 474 g/mol. The third kappa shape index (κ3) is 5.94. The van der Waals surface area contributed by atoms with Crippen molar-refractivity contribution in [2.75, 3.05) is 19.7 Å². The number of carbonyl (C=O) groups is 2. The number of piperidine rings is 2. The second-order valence-corrected chi connectivity index (χ2v) is 9.87. The number of hydrogen-bond acceptors (Lipinski definition) is 6. The lowest BCUT2D eigenvalue weighted by molar-refractivity contribution is -0.343. The second-order valence-electron chi connectivity index (χ2n) is 9.87. The topological polar surface area (TPSA) is 101 Å². The predicted octanol–water partition coefficient (Wildman–Crippen LogP) is 1.25. The van der Waals surface area contributed by atoms with E-state index in [1.54, 1.807) is 0 Å². The monoisotopic (exact) mass is 502 g/mol. The quantitative estimate of drug-likeness (QED) is 0.391. The molecule has 2 heterocycles. The lowest BCUT2D eigenvalue weighted by Gasteiger charge is -2.70.